The molecule has 0 fully saturated rings. The van der Waals surface area contributed by atoms with Gasteiger partial charge in [-0.1, -0.05) is 6.58 Å². The predicted molar refractivity (Wildman–Crippen MR) is 69.8 cm³/mol. The van der Waals surface area contributed by atoms with Crippen molar-refractivity contribution < 1.29 is 9.53 Å². The van der Waals surface area contributed by atoms with E-state index >= 15 is 0 Å². The van der Waals surface area contributed by atoms with E-state index in [1.54, 1.807) is 25.1 Å². The molecule has 0 saturated heterocycles. The van der Waals surface area contributed by atoms with Crippen molar-refractivity contribution in [2.75, 3.05) is 14.2 Å². The third-order valence-corrected chi connectivity index (χ3v) is 3.46. The maximum Gasteiger partial charge on any atom is 0.272 e. The quantitative estimate of drug-likeness (QED) is 0.758. The molecule has 0 saturated carbocycles. The van der Waals surface area contributed by atoms with Crippen LogP contribution in [0.4, 0.5) is 0 Å². The van der Waals surface area contributed by atoms with E-state index < -0.39 is 0 Å². The molecule has 1 unspecified atom stereocenters. The second-order valence-electron chi connectivity index (χ2n) is 4.39. The Morgan fingerprint density at radius 3 is 2.83 bits per heavy atom. The van der Waals surface area contributed by atoms with Crippen LogP contribution in [0.5, 0.6) is 5.75 Å². The zero-order valence-electron chi connectivity index (χ0n) is 10.4. The minimum Gasteiger partial charge on any atom is -0.497 e. The van der Waals surface area contributed by atoms with Gasteiger partial charge >= 0.3 is 0 Å². The van der Waals surface area contributed by atoms with Gasteiger partial charge in [0, 0.05) is 12.4 Å². The second-order valence-corrected chi connectivity index (χ2v) is 4.39. The van der Waals surface area contributed by atoms with E-state index in [0.717, 1.165) is 16.7 Å². The molecule has 1 aliphatic rings. The molecule has 0 aliphatic carbocycles. The molecule has 3 rings (SSSR count). The van der Waals surface area contributed by atoms with E-state index in [1.165, 1.54) is 0 Å². The molecule has 0 bridgehead atoms. The summed E-state index contributed by atoms with van der Waals surface area (Å²) < 4.78 is 7.20. The minimum absolute atomic E-state index is 0.0232. The van der Waals surface area contributed by atoms with Gasteiger partial charge in [0.1, 0.15) is 17.6 Å². The van der Waals surface area contributed by atoms with Crippen molar-refractivity contribution in [1.29, 1.82) is 0 Å². The number of nitrogens with zero attached hydrogens (tertiary/aromatic N) is 2. The fraction of sp³-hybridized carbons (Fsp3) is 0.214. The van der Waals surface area contributed by atoms with Crippen LogP contribution in [0.15, 0.2) is 36.9 Å². The maximum absolute atomic E-state index is 12.1. The maximum atomic E-state index is 12.1. The van der Waals surface area contributed by atoms with Gasteiger partial charge in [-0.15, -0.1) is 0 Å². The molecular formula is C14H14N2O2. The highest BCUT2D eigenvalue weighted by Crippen LogP contribution is 2.34. The van der Waals surface area contributed by atoms with Gasteiger partial charge in [0.2, 0.25) is 0 Å². The lowest BCUT2D eigenvalue weighted by molar-refractivity contribution is 0.0787. The minimum atomic E-state index is -0.113. The van der Waals surface area contributed by atoms with E-state index in [0.29, 0.717) is 5.69 Å². The van der Waals surface area contributed by atoms with Crippen molar-refractivity contribution in [3.05, 3.63) is 42.6 Å². The van der Waals surface area contributed by atoms with Gasteiger partial charge in [-0.3, -0.25) is 4.79 Å². The first-order valence-corrected chi connectivity index (χ1v) is 5.76. The van der Waals surface area contributed by atoms with Gasteiger partial charge in [0.05, 0.1) is 12.6 Å². The van der Waals surface area contributed by atoms with Crippen molar-refractivity contribution >= 4 is 16.8 Å². The number of carbonyl (C=O) groups is 1. The Bertz CT molecular complexity index is 657. The summed E-state index contributed by atoms with van der Waals surface area (Å²) in [5.41, 5.74) is 1.72. The lowest BCUT2D eigenvalue weighted by atomic mass is 10.2. The summed E-state index contributed by atoms with van der Waals surface area (Å²) in [5.74, 6) is 0.817. The monoisotopic (exact) mass is 242 g/mol. The van der Waals surface area contributed by atoms with Crippen LogP contribution >= 0.6 is 0 Å². The smallest absolute Gasteiger partial charge is 0.272 e. The number of hydrogen-bond acceptors (Lipinski definition) is 2. The van der Waals surface area contributed by atoms with E-state index in [9.17, 15) is 4.79 Å². The van der Waals surface area contributed by atoms with Gasteiger partial charge in [0.25, 0.3) is 5.91 Å². The average molecular weight is 242 g/mol. The molecule has 1 aliphatic heterocycles. The number of ether oxygens (including phenoxy) is 1. The molecule has 0 spiro atoms. The summed E-state index contributed by atoms with van der Waals surface area (Å²) in [4.78, 5) is 13.8. The fourth-order valence-corrected chi connectivity index (χ4v) is 2.53. The van der Waals surface area contributed by atoms with E-state index in [1.807, 2.05) is 28.8 Å². The first-order valence-electron chi connectivity index (χ1n) is 5.76. The zero-order chi connectivity index (χ0) is 12.9. The molecule has 0 radical (unpaired) electrons. The molecule has 92 valence electrons. The number of amides is 1. The first kappa shape index (κ1) is 10.9. The SMILES string of the molecule is C=CC1N(C)C(=O)c2cc3cc(OC)ccc3n21. The van der Waals surface area contributed by atoms with Crippen LogP contribution in [0, 0.1) is 0 Å². The van der Waals surface area contributed by atoms with Crippen LogP contribution in [-0.2, 0) is 0 Å². The molecule has 1 aromatic carbocycles. The van der Waals surface area contributed by atoms with Gasteiger partial charge in [-0.25, -0.2) is 0 Å². The lowest BCUT2D eigenvalue weighted by Crippen LogP contribution is -2.23. The number of likely N-dealkylation sites (N-methyl/N-ethyl adjacent to an activating group) is 1. The van der Waals surface area contributed by atoms with Crippen molar-refractivity contribution in [3.63, 3.8) is 0 Å². The molecule has 2 aromatic rings. The molecule has 0 N–H and O–H groups in total. The summed E-state index contributed by atoms with van der Waals surface area (Å²) in [6.45, 7) is 3.81. The molecule has 18 heavy (non-hydrogen) atoms. The zero-order valence-corrected chi connectivity index (χ0v) is 10.4. The summed E-state index contributed by atoms with van der Waals surface area (Å²) in [7, 11) is 3.42. The van der Waals surface area contributed by atoms with Gasteiger partial charge < -0.3 is 14.2 Å². The van der Waals surface area contributed by atoms with Gasteiger partial charge in [-0.2, -0.15) is 0 Å². The molecule has 1 amide bonds. The normalized spacial score (nSPS) is 18.2. The molecule has 1 atom stereocenters. The highest BCUT2D eigenvalue weighted by atomic mass is 16.5. The molecule has 2 heterocycles. The molecule has 4 heteroatoms. The molecule has 1 aromatic heterocycles. The van der Waals surface area contributed by atoms with E-state index in [4.69, 9.17) is 4.74 Å². The summed E-state index contributed by atoms with van der Waals surface area (Å²) in [5, 5.41) is 1.01. The summed E-state index contributed by atoms with van der Waals surface area (Å²) in [6.07, 6.45) is 1.66. The van der Waals surface area contributed by atoms with Crippen molar-refractivity contribution in [2.45, 2.75) is 6.17 Å². The first-order chi connectivity index (χ1) is 8.67. The van der Waals surface area contributed by atoms with Crippen molar-refractivity contribution in [3.8, 4) is 5.75 Å². The largest absolute Gasteiger partial charge is 0.497 e. The van der Waals surface area contributed by atoms with Crippen molar-refractivity contribution in [1.82, 2.24) is 9.47 Å². The summed E-state index contributed by atoms with van der Waals surface area (Å²) >= 11 is 0. The standard InChI is InChI=1S/C14H14N2O2/c1-4-13-15(2)14(17)12-8-9-7-10(18-3)5-6-11(9)16(12)13/h4-8,13H,1H2,2-3H3. The number of aromatic nitrogens is 1. The van der Waals surface area contributed by atoms with Gasteiger partial charge in [-0.05, 0) is 30.3 Å². The Hall–Kier alpha value is -2.23. The van der Waals surface area contributed by atoms with Crippen LogP contribution in [-0.4, -0.2) is 29.5 Å². The van der Waals surface area contributed by atoms with Crippen LogP contribution in [0.25, 0.3) is 10.9 Å². The van der Waals surface area contributed by atoms with E-state index in [2.05, 4.69) is 6.58 Å². The van der Waals surface area contributed by atoms with Crippen LogP contribution in [0.2, 0.25) is 0 Å². The lowest BCUT2D eigenvalue weighted by Gasteiger charge is -2.18. The van der Waals surface area contributed by atoms with Crippen LogP contribution < -0.4 is 4.74 Å². The third kappa shape index (κ3) is 1.23. The number of carbonyl (C=O) groups excluding carboxylic acids is 1. The number of benzene rings is 1. The van der Waals surface area contributed by atoms with Crippen LogP contribution in [0.1, 0.15) is 16.7 Å². The number of fused-ring (bicyclic) bond motifs is 3. The highest BCUT2D eigenvalue weighted by Gasteiger charge is 2.33. The Morgan fingerprint density at radius 1 is 1.39 bits per heavy atom. The van der Waals surface area contributed by atoms with Gasteiger partial charge in [0.15, 0.2) is 0 Å². The van der Waals surface area contributed by atoms with Crippen LogP contribution in [0.3, 0.4) is 0 Å². The molecular weight excluding hydrogens is 228 g/mol. The second kappa shape index (κ2) is 3.63. The number of rotatable bonds is 2. The third-order valence-electron chi connectivity index (χ3n) is 3.46. The Balaban J connectivity index is 2.29. The fourth-order valence-electron chi connectivity index (χ4n) is 2.53. The summed E-state index contributed by atoms with van der Waals surface area (Å²) in [6, 6.07) is 7.72. The van der Waals surface area contributed by atoms with E-state index in [-0.39, 0.29) is 12.1 Å². The predicted octanol–water partition coefficient (Wildman–Crippen LogP) is 2.42. The average Bonchev–Trinajstić information content (AvgIpc) is 2.86. The van der Waals surface area contributed by atoms with Crippen molar-refractivity contribution in [2.24, 2.45) is 0 Å². The number of methoxy groups -OCH3 is 1. The highest BCUT2D eigenvalue weighted by molar-refractivity contribution is 6.01. The number of hydrogen-bond donors (Lipinski definition) is 0. The Kier molecular flexibility index (Phi) is 2.20. The Morgan fingerprint density at radius 2 is 2.17 bits per heavy atom. The molecule has 4 nitrogen and oxygen atoms in total. The Labute approximate surface area is 105 Å². The topological polar surface area (TPSA) is 34.5 Å².